The molecule has 0 amide bonds. The molecular weight excluding hydrogens is 202 g/mol. The summed E-state index contributed by atoms with van der Waals surface area (Å²) in [6.45, 7) is 1.87. The first-order chi connectivity index (χ1) is 6.66. The molecule has 1 aromatic heterocycles. The van der Waals surface area contributed by atoms with E-state index < -0.39 is 12.2 Å². The summed E-state index contributed by atoms with van der Waals surface area (Å²) in [5, 5.41) is 19.3. The van der Waals surface area contributed by atoms with Gasteiger partial charge in [0.25, 0.3) is 0 Å². The number of rotatable bonds is 4. The van der Waals surface area contributed by atoms with Crippen molar-refractivity contribution in [1.29, 1.82) is 0 Å². The van der Waals surface area contributed by atoms with Crippen molar-refractivity contribution in [3.63, 3.8) is 0 Å². The zero-order chi connectivity index (χ0) is 10.6. The molecule has 0 aliphatic rings. The molecule has 1 heterocycles. The molecule has 0 aliphatic heterocycles. The second-order valence-corrected chi connectivity index (χ2v) is 3.60. The summed E-state index contributed by atoms with van der Waals surface area (Å²) in [5.41, 5.74) is 1.58. The van der Waals surface area contributed by atoms with Crippen LogP contribution in [0.25, 0.3) is 0 Å². The van der Waals surface area contributed by atoms with Crippen molar-refractivity contribution in [1.82, 2.24) is 4.98 Å². The van der Waals surface area contributed by atoms with Crippen LogP contribution in [0, 0.1) is 6.92 Å². The van der Waals surface area contributed by atoms with Gasteiger partial charge >= 0.3 is 0 Å². The number of aryl methyl sites for hydroxylation is 1. The molecule has 1 rings (SSSR count). The number of aliphatic hydroxyl groups excluding tert-OH is 2. The van der Waals surface area contributed by atoms with E-state index in [1.54, 1.807) is 18.5 Å². The molecule has 14 heavy (non-hydrogen) atoms. The first kappa shape index (κ1) is 11.4. The van der Waals surface area contributed by atoms with E-state index in [2.05, 4.69) is 4.98 Å². The third-order valence-corrected chi connectivity index (χ3v) is 2.39. The Balaban J connectivity index is 2.78. The van der Waals surface area contributed by atoms with Gasteiger partial charge in [0.05, 0.1) is 6.10 Å². The molecule has 0 saturated carbocycles. The van der Waals surface area contributed by atoms with Crippen molar-refractivity contribution >= 4 is 11.6 Å². The molecule has 0 radical (unpaired) electrons. The first-order valence-electron chi connectivity index (χ1n) is 4.49. The number of alkyl halides is 1. The number of nitrogens with zero attached hydrogens (tertiary/aromatic N) is 1. The SMILES string of the molecule is Cc1ccncc1C(O)C(O)CCCl. The molecule has 0 aromatic carbocycles. The molecule has 3 nitrogen and oxygen atoms in total. The highest BCUT2D eigenvalue weighted by Crippen LogP contribution is 2.21. The normalized spacial score (nSPS) is 15.1. The topological polar surface area (TPSA) is 53.4 Å². The zero-order valence-electron chi connectivity index (χ0n) is 8.02. The van der Waals surface area contributed by atoms with Crippen LogP contribution in [-0.2, 0) is 0 Å². The number of aromatic nitrogens is 1. The number of halogens is 1. The molecular formula is C10H14ClNO2. The van der Waals surface area contributed by atoms with E-state index in [9.17, 15) is 10.2 Å². The Morgan fingerprint density at radius 2 is 2.21 bits per heavy atom. The van der Waals surface area contributed by atoms with Crippen LogP contribution in [0.4, 0.5) is 0 Å². The van der Waals surface area contributed by atoms with E-state index in [1.807, 2.05) is 6.92 Å². The van der Waals surface area contributed by atoms with Crippen molar-refractivity contribution in [3.8, 4) is 0 Å². The fourth-order valence-corrected chi connectivity index (χ4v) is 1.49. The molecule has 0 spiro atoms. The summed E-state index contributed by atoms with van der Waals surface area (Å²) in [6, 6.07) is 1.80. The van der Waals surface area contributed by atoms with Gasteiger partial charge in [-0.25, -0.2) is 0 Å². The molecule has 0 fully saturated rings. The average molecular weight is 216 g/mol. The predicted octanol–water partition coefficient (Wildman–Crippen LogP) is 1.41. The van der Waals surface area contributed by atoms with Gasteiger partial charge in [-0.15, -0.1) is 11.6 Å². The average Bonchev–Trinajstić information content (AvgIpc) is 2.18. The van der Waals surface area contributed by atoms with Gasteiger partial charge in [0.1, 0.15) is 6.10 Å². The zero-order valence-corrected chi connectivity index (χ0v) is 8.78. The number of pyridine rings is 1. The standard InChI is InChI=1S/C10H14ClNO2/c1-7-3-5-12-6-8(7)10(14)9(13)2-4-11/h3,5-6,9-10,13-14H,2,4H2,1H3. The smallest absolute Gasteiger partial charge is 0.107 e. The molecule has 78 valence electrons. The Hall–Kier alpha value is -0.640. The van der Waals surface area contributed by atoms with Gasteiger partial charge in [-0.3, -0.25) is 4.98 Å². The van der Waals surface area contributed by atoms with Crippen molar-refractivity contribution in [2.75, 3.05) is 5.88 Å². The first-order valence-corrected chi connectivity index (χ1v) is 5.03. The predicted molar refractivity (Wildman–Crippen MR) is 55.3 cm³/mol. The van der Waals surface area contributed by atoms with Gasteiger partial charge in [-0.2, -0.15) is 0 Å². The minimum absolute atomic E-state index is 0.331. The van der Waals surface area contributed by atoms with Gasteiger partial charge in [0.15, 0.2) is 0 Å². The maximum Gasteiger partial charge on any atom is 0.107 e. The van der Waals surface area contributed by atoms with Crippen LogP contribution < -0.4 is 0 Å². The molecule has 2 N–H and O–H groups in total. The molecule has 2 unspecified atom stereocenters. The molecule has 0 bridgehead atoms. The largest absolute Gasteiger partial charge is 0.390 e. The number of hydrogen-bond acceptors (Lipinski definition) is 3. The van der Waals surface area contributed by atoms with Crippen LogP contribution >= 0.6 is 11.6 Å². The van der Waals surface area contributed by atoms with E-state index in [0.717, 1.165) is 5.56 Å². The maximum absolute atomic E-state index is 9.75. The fourth-order valence-electron chi connectivity index (χ4n) is 1.26. The van der Waals surface area contributed by atoms with Gasteiger partial charge < -0.3 is 10.2 Å². The minimum Gasteiger partial charge on any atom is -0.390 e. The van der Waals surface area contributed by atoms with Crippen molar-refractivity contribution in [3.05, 3.63) is 29.6 Å². The third-order valence-electron chi connectivity index (χ3n) is 2.17. The second-order valence-electron chi connectivity index (χ2n) is 3.22. The number of hydrogen-bond donors (Lipinski definition) is 2. The van der Waals surface area contributed by atoms with Gasteiger partial charge in [0.2, 0.25) is 0 Å². The van der Waals surface area contributed by atoms with E-state index in [4.69, 9.17) is 11.6 Å². The van der Waals surface area contributed by atoms with Gasteiger partial charge in [-0.1, -0.05) is 0 Å². The van der Waals surface area contributed by atoms with E-state index >= 15 is 0 Å². The highest BCUT2D eigenvalue weighted by molar-refractivity contribution is 6.17. The molecule has 0 aliphatic carbocycles. The summed E-state index contributed by atoms with van der Waals surface area (Å²) in [7, 11) is 0. The van der Waals surface area contributed by atoms with Crippen molar-refractivity contribution < 1.29 is 10.2 Å². The lowest BCUT2D eigenvalue weighted by atomic mass is 10.0. The Bertz CT molecular complexity index is 293. The Kier molecular flexibility index (Phi) is 4.32. The highest BCUT2D eigenvalue weighted by atomic mass is 35.5. The molecule has 1 aromatic rings. The van der Waals surface area contributed by atoms with E-state index in [-0.39, 0.29) is 0 Å². The summed E-state index contributed by atoms with van der Waals surface area (Å²) in [5.74, 6) is 0.331. The lowest BCUT2D eigenvalue weighted by molar-refractivity contribution is 0.0164. The Morgan fingerprint density at radius 1 is 1.50 bits per heavy atom. The third kappa shape index (κ3) is 2.67. The lowest BCUT2D eigenvalue weighted by Crippen LogP contribution is -2.19. The fraction of sp³-hybridized carbons (Fsp3) is 0.500. The summed E-state index contributed by atoms with van der Waals surface area (Å²) >= 11 is 5.48. The Labute approximate surface area is 88.4 Å². The molecule has 2 atom stereocenters. The van der Waals surface area contributed by atoms with Crippen LogP contribution in [0.15, 0.2) is 18.5 Å². The van der Waals surface area contributed by atoms with Gasteiger partial charge in [-0.05, 0) is 25.0 Å². The van der Waals surface area contributed by atoms with Crippen molar-refractivity contribution in [2.24, 2.45) is 0 Å². The van der Waals surface area contributed by atoms with Crippen LogP contribution in [0.2, 0.25) is 0 Å². The monoisotopic (exact) mass is 215 g/mol. The van der Waals surface area contributed by atoms with Crippen LogP contribution in [0.5, 0.6) is 0 Å². The quantitative estimate of drug-likeness (QED) is 0.747. The summed E-state index contributed by atoms with van der Waals surface area (Å²) in [4.78, 5) is 3.91. The van der Waals surface area contributed by atoms with Crippen LogP contribution in [-0.4, -0.2) is 27.2 Å². The lowest BCUT2D eigenvalue weighted by Gasteiger charge is -2.18. The van der Waals surface area contributed by atoms with Crippen LogP contribution in [0.1, 0.15) is 23.7 Å². The number of aliphatic hydroxyl groups is 2. The minimum atomic E-state index is -0.901. The maximum atomic E-state index is 9.75. The summed E-state index contributed by atoms with van der Waals surface area (Å²) in [6.07, 6.45) is 1.87. The second kappa shape index (κ2) is 5.29. The van der Waals surface area contributed by atoms with E-state index in [1.165, 1.54) is 0 Å². The summed E-state index contributed by atoms with van der Waals surface area (Å²) < 4.78 is 0. The highest BCUT2D eigenvalue weighted by Gasteiger charge is 2.19. The van der Waals surface area contributed by atoms with Gasteiger partial charge in [0, 0.05) is 23.8 Å². The molecule has 0 saturated heterocycles. The van der Waals surface area contributed by atoms with E-state index in [0.29, 0.717) is 17.9 Å². The Morgan fingerprint density at radius 3 is 2.79 bits per heavy atom. The molecule has 4 heteroatoms. The van der Waals surface area contributed by atoms with Crippen LogP contribution in [0.3, 0.4) is 0 Å². The van der Waals surface area contributed by atoms with Crippen molar-refractivity contribution in [2.45, 2.75) is 25.6 Å².